The number of anilines is 2. The van der Waals surface area contributed by atoms with Crippen molar-refractivity contribution in [1.82, 2.24) is 24.4 Å². The molecule has 0 aliphatic carbocycles. The van der Waals surface area contributed by atoms with E-state index in [4.69, 9.17) is 2.74 Å². The lowest BCUT2D eigenvalue weighted by Crippen LogP contribution is -2.38. The molecule has 186 valence electrons. The van der Waals surface area contributed by atoms with Gasteiger partial charge < -0.3 is 14.8 Å². The third kappa shape index (κ3) is 5.08. The topological polar surface area (TPSA) is 79.2 Å². The van der Waals surface area contributed by atoms with E-state index in [-0.39, 0.29) is 30.5 Å². The Hall–Kier alpha value is -3.63. The molecule has 3 heterocycles. The Labute approximate surface area is 204 Å². The zero-order valence-corrected chi connectivity index (χ0v) is 19.8. The van der Waals surface area contributed by atoms with Gasteiger partial charge in [-0.15, -0.1) is 0 Å². The van der Waals surface area contributed by atoms with Crippen LogP contribution >= 0.6 is 0 Å². The van der Waals surface area contributed by atoms with E-state index in [9.17, 15) is 18.0 Å². The fourth-order valence-corrected chi connectivity index (χ4v) is 3.93. The molecule has 0 spiro atoms. The molecular formula is C24H28F3N7O. The van der Waals surface area contributed by atoms with Gasteiger partial charge in [-0.05, 0) is 50.1 Å². The highest BCUT2D eigenvalue weighted by atomic mass is 19.4. The number of rotatable bonds is 7. The van der Waals surface area contributed by atoms with Crippen LogP contribution in [-0.2, 0) is 6.18 Å². The first-order valence-electron chi connectivity index (χ1n) is 12.2. The molecule has 8 nitrogen and oxygen atoms in total. The number of alkyl halides is 3. The Morgan fingerprint density at radius 1 is 1.17 bits per heavy atom. The molecule has 2 atom stereocenters. The highest BCUT2D eigenvalue weighted by Crippen LogP contribution is 2.30. The second kappa shape index (κ2) is 9.55. The Morgan fingerprint density at radius 3 is 2.51 bits per heavy atom. The minimum atomic E-state index is -4.40. The number of hydrogen-bond donors (Lipinski definition) is 1. The first kappa shape index (κ1) is 21.9. The number of imidazole rings is 1. The number of amides is 2. The summed E-state index contributed by atoms with van der Waals surface area (Å²) in [5.74, 6) is 0.675. The Morgan fingerprint density at radius 2 is 1.89 bits per heavy atom. The molecular weight excluding hydrogens is 459 g/mol. The number of nitrogens with zero attached hydrogens (tertiary/aromatic N) is 6. The molecule has 0 unspecified atom stereocenters. The number of hydrogen-bond acceptors (Lipinski definition) is 5. The van der Waals surface area contributed by atoms with Crippen LogP contribution in [0, 0.1) is 5.92 Å². The summed E-state index contributed by atoms with van der Waals surface area (Å²) in [6.45, 7) is 5.55. The number of halogens is 3. The van der Waals surface area contributed by atoms with Gasteiger partial charge in [-0.2, -0.15) is 18.2 Å². The summed E-state index contributed by atoms with van der Waals surface area (Å²) in [4.78, 5) is 28.9. The lowest BCUT2D eigenvalue weighted by atomic mass is 10.0. The molecule has 1 fully saturated rings. The van der Waals surface area contributed by atoms with Crippen LogP contribution in [0.25, 0.3) is 5.69 Å². The second-order valence-corrected chi connectivity index (χ2v) is 8.65. The van der Waals surface area contributed by atoms with E-state index in [0.29, 0.717) is 17.2 Å². The van der Waals surface area contributed by atoms with Crippen molar-refractivity contribution in [2.24, 2.45) is 5.92 Å². The zero-order valence-electron chi connectivity index (χ0n) is 21.8. The van der Waals surface area contributed by atoms with Gasteiger partial charge in [0.25, 0.3) is 0 Å². The molecule has 1 saturated heterocycles. The summed E-state index contributed by atoms with van der Waals surface area (Å²) in [5, 5.41) is 3.14. The SMILES string of the molecule is [2H]C([2H])(C)N1C[C@H](C(C)C)N(c2ccnc(N[C@@H](C)c3cn(-c4ccc(C(F)(F)F)cc4)cn3)n2)C1=O. The van der Waals surface area contributed by atoms with Crippen LogP contribution in [0.2, 0.25) is 0 Å². The van der Waals surface area contributed by atoms with Crippen LogP contribution in [-0.4, -0.2) is 49.5 Å². The van der Waals surface area contributed by atoms with Crippen molar-refractivity contribution in [3.63, 3.8) is 0 Å². The Balaban J connectivity index is 1.51. The average Bonchev–Trinajstić information content (AvgIpc) is 3.44. The maximum absolute atomic E-state index is 13.1. The maximum Gasteiger partial charge on any atom is 0.416 e. The predicted molar refractivity (Wildman–Crippen MR) is 126 cm³/mol. The van der Waals surface area contributed by atoms with E-state index >= 15 is 0 Å². The summed E-state index contributed by atoms with van der Waals surface area (Å²) in [6, 6.07) is 5.31. The van der Waals surface area contributed by atoms with Gasteiger partial charge in [-0.25, -0.2) is 14.8 Å². The van der Waals surface area contributed by atoms with E-state index < -0.39 is 24.3 Å². The number of carbonyl (C=O) groups is 1. The number of urea groups is 1. The summed E-state index contributed by atoms with van der Waals surface area (Å²) >= 11 is 0. The van der Waals surface area contributed by atoms with Crippen LogP contribution in [0.1, 0.15) is 47.7 Å². The highest BCUT2D eigenvalue weighted by Gasteiger charge is 2.39. The van der Waals surface area contributed by atoms with Crippen LogP contribution in [0.5, 0.6) is 0 Å². The first-order valence-corrected chi connectivity index (χ1v) is 11.2. The van der Waals surface area contributed by atoms with E-state index in [0.717, 1.165) is 12.1 Å². The Kier molecular flexibility index (Phi) is 5.97. The molecule has 0 saturated carbocycles. The smallest absolute Gasteiger partial charge is 0.346 e. The van der Waals surface area contributed by atoms with Crippen LogP contribution < -0.4 is 10.2 Å². The quantitative estimate of drug-likeness (QED) is 0.497. The summed E-state index contributed by atoms with van der Waals surface area (Å²) in [7, 11) is 0. The van der Waals surface area contributed by atoms with Gasteiger partial charge in [-0.3, -0.25) is 4.90 Å². The molecule has 2 aromatic heterocycles. The maximum atomic E-state index is 13.1. The fraction of sp³-hybridized carbons (Fsp3) is 0.417. The lowest BCUT2D eigenvalue weighted by molar-refractivity contribution is -0.137. The van der Waals surface area contributed by atoms with Crippen molar-refractivity contribution in [3.8, 4) is 5.69 Å². The molecule has 0 radical (unpaired) electrons. The monoisotopic (exact) mass is 489 g/mol. The summed E-state index contributed by atoms with van der Waals surface area (Å²) < 4.78 is 56.2. The molecule has 35 heavy (non-hydrogen) atoms. The number of benzene rings is 1. The Bertz CT molecular complexity index is 1260. The van der Waals surface area contributed by atoms with Gasteiger partial charge >= 0.3 is 12.2 Å². The van der Waals surface area contributed by atoms with Gasteiger partial charge in [0.15, 0.2) is 0 Å². The van der Waals surface area contributed by atoms with Crippen molar-refractivity contribution in [2.45, 2.75) is 46.0 Å². The highest BCUT2D eigenvalue weighted by molar-refractivity contribution is 5.94. The molecule has 11 heteroatoms. The van der Waals surface area contributed by atoms with Crippen molar-refractivity contribution in [3.05, 3.63) is 60.3 Å². The number of nitrogens with one attached hydrogen (secondary N) is 1. The number of carbonyl (C=O) groups excluding carboxylic acids is 1. The van der Waals surface area contributed by atoms with Crippen molar-refractivity contribution in [1.29, 1.82) is 0 Å². The van der Waals surface area contributed by atoms with Crippen molar-refractivity contribution in [2.75, 3.05) is 23.3 Å². The average molecular weight is 490 g/mol. The minimum Gasteiger partial charge on any atom is -0.346 e. The van der Waals surface area contributed by atoms with Crippen molar-refractivity contribution < 1.29 is 20.7 Å². The molecule has 3 aromatic rings. The predicted octanol–water partition coefficient (Wildman–Crippen LogP) is 5.14. The van der Waals surface area contributed by atoms with Gasteiger partial charge in [0, 0.05) is 33.9 Å². The van der Waals surface area contributed by atoms with Gasteiger partial charge in [0.1, 0.15) is 5.82 Å². The largest absolute Gasteiger partial charge is 0.416 e. The molecule has 4 rings (SSSR count). The fourth-order valence-electron chi connectivity index (χ4n) is 3.93. The van der Waals surface area contributed by atoms with E-state index in [1.807, 2.05) is 20.8 Å². The van der Waals surface area contributed by atoms with E-state index in [2.05, 4.69) is 20.3 Å². The summed E-state index contributed by atoms with van der Waals surface area (Å²) in [6.07, 6.45) is 0.327. The third-order valence-corrected chi connectivity index (χ3v) is 5.95. The van der Waals surface area contributed by atoms with E-state index in [1.165, 1.54) is 41.4 Å². The molecule has 1 aliphatic rings. The number of aromatic nitrogens is 4. The van der Waals surface area contributed by atoms with Crippen LogP contribution in [0.4, 0.5) is 29.7 Å². The second-order valence-electron chi connectivity index (χ2n) is 8.65. The van der Waals surface area contributed by atoms with Gasteiger partial charge in [-0.1, -0.05) is 13.8 Å². The molecule has 0 bridgehead atoms. The molecule has 1 aliphatic heterocycles. The molecule has 2 amide bonds. The third-order valence-electron chi connectivity index (χ3n) is 5.95. The first-order chi connectivity index (χ1) is 17.3. The summed E-state index contributed by atoms with van der Waals surface area (Å²) in [5.41, 5.74) is 0.416. The van der Waals surface area contributed by atoms with Crippen LogP contribution in [0.15, 0.2) is 49.1 Å². The van der Waals surface area contributed by atoms with Gasteiger partial charge in [0.2, 0.25) is 5.95 Å². The van der Waals surface area contributed by atoms with Crippen molar-refractivity contribution >= 4 is 17.8 Å². The zero-order chi connectivity index (χ0) is 27.1. The number of likely N-dealkylation sites (N-methyl/N-ethyl adjacent to an activating group) is 1. The molecule has 1 aromatic carbocycles. The minimum absolute atomic E-state index is 0.0655. The van der Waals surface area contributed by atoms with Crippen LogP contribution in [0.3, 0.4) is 0 Å². The lowest BCUT2D eigenvalue weighted by Gasteiger charge is -2.25. The molecule has 1 N–H and O–H groups in total. The van der Waals surface area contributed by atoms with Gasteiger partial charge in [0.05, 0.1) is 29.7 Å². The van der Waals surface area contributed by atoms with E-state index in [1.54, 1.807) is 16.8 Å². The standard InChI is InChI=1S/C24H28F3N7O/c1-5-32-13-20(15(2)3)34(23(32)35)21-10-11-28-22(31-21)30-16(4)19-12-33(14-29-19)18-8-6-17(7-9-18)24(25,26)27/h6-12,14-16,20H,5,13H2,1-4H3,(H,28,30,31)/t16-,20+/m0/s1/i5D2. The normalized spacial score (nSPS) is 18.6.